The third kappa shape index (κ3) is 4.10. The van der Waals surface area contributed by atoms with Crippen molar-refractivity contribution in [1.82, 2.24) is 0 Å². The third-order valence-electron chi connectivity index (χ3n) is 2.13. The fourth-order valence-corrected chi connectivity index (χ4v) is 1.20. The maximum absolute atomic E-state index is 11.9. The molecule has 2 nitrogen and oxygen atoms in total. The predicted molar refractivity (Wildman–Crippen MR) is 55.2 cm³/mol. The third-order valence-corrected chi connectivity index (χ3v) is 2.13. The van der Waals surface area contributed by atoms with Crippen molar-refractivity contribution in [2.75, 3.05) is 6.61 Å². The van der Waals surface area contributed by atoms with Crippen LogP contribution in [0.2, 0.25) is 0 Å². The fraction of sp³-hybridized carbons (Fsp3) is 0.455. The van der Waals surface area contributed by atoms with Crippen LogP contribution in [0.3, 0.4) is 0 Å². The smallest absolute Gasteiger partial charge is 0.392 e. The van der Waals surface area contributed by atoms with E-state index in [-0.39, 0.29) is 6.61 Å². The van der Waals surface area contributed by atoms with Crippen molar-refractivity contribution in [2.24, 2.45) is 5.73 Å². The highest BCUT2D eigenvalue weighted by molar-refractivity contribution is 5.36. The van der Waals surface area contributed by atoms with Crippen molar-refractivity contribution in [3.63, 3.8) is 0 Å². The van der Waals surface area contributed by atoms with Crippen LogP contribution in [0.1, 0.15) is 17.5 Å². The standard InChI is InChI=1S/C11H14F3NO/c1-8-2-3-9(7-15)6-10(8)16-5-4-11(12,13)14/h2-3,6H,4-5,7,15H2,1H3. The van der Waals surface area contributed by atoms with Crippen molar-refractivity contribution in [2.45, 2.75) is 26.1 Å². The van der Waals surface area contributed by atoms with Gasteiger partial charge in [-0.05, 0) is 24.1 Å². The van der Waals surface area contributed by atoms with E-state index in [0.717, 1.165) is 11.1 Å². The summed E-state index contributed by atoms with van der Waals surface area (Å²) in [6.45, 7) is 1.76. The molecule has 0 unspecified atom stereocenters. The maximum Gasteiger partial charge on any atom is 0.392 e. The Bertz CT molecular complexity index is 350. The zero-order valence-corrected chi connectivity index (χ0v) is 8.97. The summed E-state index contributed by atoms with van der Waals surface area (Å²) in [6.07, 6.45) is -5.13. The quantitative estimate of drug-likeness (QED) is 0.867. The van der Waals surface area contributed by atoms with Gasteiger partial charge in [-0.3, -0.25) is 0 Å². The lowest BCUT2D eigenvalue weighted by atomic mass is 10.1. The molecule has 1 aromatic rings. The van der Waals surface area contributed by atoms with E-state index in [1.165, 1.54) is 0 Å². The lowest BCUT2D eigenvalue weighted by Crippen LogP contribution is -2.13. The number of benzene rings is 1. The van der Waals surface area contributed by atoms with Gasteiger partial charge in [0.25, 0.3) is 0 Å². The molecule has 1 aromatic carbocycles. The van der Waals surface area contributed by atoms with Gasteiger partial charge >= 0.3 is 6.18 Å². The van der Waals surface area contributed by atoms with Crippen LogP contribution in [0, 0.1) is 6.92 Å². The summed E-state index contributed by atoms with van der Waals surface area (Å²) >= 11 is 0. The van der Waals surface area contributed by atoms with E-state index < -0.39 is 12.6 Å². The fourth-order valence-electron chi connectivity index (χ4n) is 1.20. The molecule has 0 aliphatic heterocycles. The van der Waals surface area contributed by atoms with E-state index in [0.29, 0.717) is 12.3 Å². The lowest BCUT2D eigenvalue weighted by molar-refractivity contribution is -0.139. The Morgan fingerprint density at radius 2 is 2.00 bits per heavy atom. The Hall–Kier alpha value is -1.23. The largest absolute Gasteiger partial charge is 0.493 e. The van der Waals surface area contributed by atoms with Gasteiger partial charge in [0, 0.05) is 6.54 Å². The SMILES string of the molecule is Cc1ccc(CN)cc1OCCC(F)(F)F. The van der Waals surface area contributed by atoms with Crippen LogP contribution in [0.15, 0.2) is 18.2 Å². The number of halogens is 3. The molecule has 0 aliphatic rings. The van der Waals surface area contributed by atoms with Gasteiger partial charge in [0.05, 0.1) is 13.0 Å². The molecule has 0 aromatic heterocycles. The minimum absolute atomic E-state index is 0.343. The predicted octanol–water partition coefficient (Wildman–Crippen LogP) is 2.78. The second kappa shape index (κ2) is 5.21. The summed E-state index contributed by atoms with van der Waals surface area (Å²) in [5, 5.41) is 0. The summed E-state index contributed by atoms with van der Waals surface area (Å²) in [5.41, 5.74) is 7.08. The van der Waals surface area contributed by atoms with Crippen LogP contribution >= 0.6 is 0 Å². The van der Waals surface area contributed by atoms with Gasteiger partial charge in [0.15, 0.2) is 0 Å². The molecule has 0 aliphatic carbocycles. The summed E-state index contributed by atoms with van der Waals surface area (Å²) in [7, 11) is 0. The van der Waals surface area contributed by atoms with E-state index in [2.05, 4.69) is 0 Å². The van der Waals surface area contributed by atoms with Crippen LogP contribution in [-0.4, -0.2) is 12.8 Å². The summed E-state index contributed by atoms with van der Waals surface area (Å²) < 4.78 is 40.8. The molecular formula is C11H14F3NO. The molecule has 5 heteroatoms. The monoisotopic (exact) mass is 233 g/mol. The van der Waals surface area contributed by atoms with E-state index in [4.69, 9.17) is 10.5 Å². The van der Waals surface area contributed by atoms with Crippen molar-refractivity contribution in [1.29, 1.82) is 0 Å². The van der Waals surface area contributed by atoms with Crippen LogP contribution in [0.4, 0.5) is 13.2 Å². The van der Waals surface area contributed by atoms with E-state index in [9.17, 15) is 13.2 Å². The van der Waals surface area contributed by atoms with Crippen molar-refractivity contribution in [3.05, 3.63) is 29.3 Å². The van der Waals surface area contributed by atoms with E-state index in [1.54, 1.807) is 19.1 Å². The highest BCUT2D eigenvalue weighted by atomic mass is 19.4. The second-order valence-corrected chi connectivity index (χ2v) is 3.52. The molecule has 0 atom stereocenters. The second-order valence-electron chi connectivity index (χ2n) is 3.52. The van der Waals surface area contributed by atoms with Crippen molar-refractivity contribution < 1.29 is 17.9 Å². The number of nitrogens with two attached hydrogens (primary N) is 1. The average molecular weight is 233 g/mol. The number of aryl methyl sites for hydroxylation is 1. The molecular weight excluding hydrogens is 219 g/mol. The van der Waals surface area contributed by atoms with Crippen molar-refractivity contribution >= 4 is 0 Å². The first-order valence-electron chi connectivity index (χ1n) is 4.91. The first-order valence-corrected chi connectivity index (χ1v) is 4.91. The Morgan fingerprint density at radius 1 is 1.31 bits per heavy atom. The van der Waals surface area contributed by atoms with Gasteiger partial charge in [0.1, 0.15) is 5.75 Å². The highest BCUT2D eigenvalue weighted by Crippen LogP contribution is 2.23. The molecule has 90 valence electrons. The number of ether oxygens (including phenoxy) is 1. The normalized spacial score (nSPS) is 11.6. The Balaban J connectivity index is 2.59. The molecule has 0 saturated heterocycles. The van der Waals surface area contributed by atoms with E-state index in [1.807, 2.05) is 6.07 Å². The molecule has 0 heterocycles. The Morgan fingerprint density at radius 3 is 2.56 bits per heavy atom. The van der Waals surface area contributed by atoms with Gasteiger partial charge in [0.2, 0.25) is 0 Å². The number of hydrogen-bond donors (Lipinski definition) is 1. The van der Waals surface area contributed by atoms with Gasteiger partial charge in [-0.25, -0.2) is 0 Å². The summed E-state index contributed by atoms with van der Waals surface area (Å²) in [4.78, 5) is 0. The zero-order valence-electron chi connectivity index (χ0n) is 8.97. The molecule has 16 heavy (non-hydrogen) atoms. The summed E-state index contributed by atoms with van der Waals surface area (Å²) in [5.74, 6) is 0.465. The molecule has 0 spiro atoms. The average Bonchev–Trinajstić information content (AvgIpc) is 2.19. The molecule has 0 bridgehead atoms. The Kier molecular flexibility index (Phi) is 4.18. The highest BCUT2D eigenvalue weighted by Gasteiger charge is 2.26. The topological polar surface area (TPSA) is 35.2 Å². The van der Waals surface area contributed by atoms with Gasteiger partial charge in [-0.15, -0.1) is 0 Å². The van der Waals surface area contributed by atoms with Crippen LogP contribution in [0.5, 0.6) is 5.75 Å². The van der Waals surface area contributed by atoms with Crippen LogP contribution in [0.25, 0.3) is 0 Å². The maximum atomic E-state index is 11.9. The molecule has 2 N–H and O–H groups in total. The molecule has 0 fully saturated rings. The van der Waals surface area contributed by atoms with Gasteiger partial charge in [-0.2, -0.15) is 13.2 Å². The zero-order chi connectivity index (χ0) is 12.2. The van der Waals surface area contributed by atoms with Gasteiger partial charge < -0.3 is 10.5 Å². The molecule has 0 saturated carbocycles. The molecule has 0 amide bonds. The lowest BCUT2D eigenvalue weighted by Gasteiger charge is -2.11. The first-order chi connectivity index (χ1) is 7.42. The molecule has 0 radical (unpaired) electrons. The molecule has 1 rings (SSSR count). The van der Waals surface area contributed by atoms with Crippen LogP contribution < -0.4 is 10.5 Å². The van der Waals surface area contributed by atoms with Crippen molar-refractivity contribution in [3.8, 4) is 5.75 Å². The van der Waals surface area contributed by atoms with Gasteiger partial charge in [-0.1, -0.05) is 12.1 Å². The first kappa shape index (κ1) is 12.8. The van der Waals surface area contributed by atoms with E-state index >= 15 is 0 Å². The number of rotatable bonds is 4. The Labute approximate surface area is 92.2 Å². The minimum atomic E-state index is -4.18. The van der Waals surface area contributed by atoms with Crippen LogP contribution in [-0.2, 0) is 6.54 Å². The number of alkyl halides is 3. The number of hydrogen-bond acceptors (Lipinski definition) is 2. The summed E-state index contributed by atoms with van der Waals surface area (Å²) in [6, 6.07) is 5.28. The minimum Gasteiger partial charge on any atom is -0.493 e.